The summed E-state index contributed by atoms with van der Waals surface area (Å²) in [5, 5.41) is 6.85. The molecule has 5 heteroatoms. The molecular weight excluding hydrogens is 312 g/mol. The molecule has 134 valence electrons. The fraction of sp³-hybridized carbons (Fsp3) is 0.450. The van der Waals surface area contributed by atoms with Crippen molar-refractivity contribution in [2.45, 2.75) is 32.4 Å². The van der Waals surface area contributed by atoms with Crippen molar-refractivity contribution in [1.29, 1.82) is 0 Å². The Morgan fingerprint density at radius 1 is 1.20 bits per heavy atom. The molecular formula is C20H28N4O. The number of aryl methyl sites for hydroxylation is 1. The lowest BCUT2D eigenvalue weighted by molar-refractivity contribution is 0.215. The van der Waals surface area contributed by atoms with Crippen LogP contribution < -0.4 is 10.6 Å². The van der Waals surface area contributed by atoms with Crippen molar-refractivity contribution in [2.24, 2.45) is 4.99 Å². The number of rotatable bonds is 6. The Bertz CT molecular complexity index is 675. The summed E-state index contributed by atoms with van der Waals surface area (Å²) in [6, 6.07) is 12.8. The number of furan rings is 1. The lowest BCUT2D eigenvalue weighted by atomic mass is 10.1. The van der Waals surface area contributed by atoms with Gasteiger partial charge < -0.3 is 15.1 Å². The van der Waals surface area contributed by atoms with Crippen LogP contribution in [-0.4, -0.2) is 37.5 Å². The van der Waals surface area contributed by atoms with E-state index in [2.05, 4.69) is 57.8 Å². The van der Waals surface area contributed by atoms with Gasteiger partial charge in [-0.25, -0.2) is 0 Å². The van der Waals surface area contributed by atoms with Gasteiger partial charge in [-0.3, -0.25) is 9.89 Å². The maximum Gasteiger partial charge on any atom is 0.191 e. The Hall–Kier alpha value is -2.27. The molecule has 1 saturated heterocycles. The monoisotopic (exact) mass is 340 g/mol. The molecule has 3 rings (SSSR count). The highest BCUT2D eigenvalue weighted by atomic mass is 16.3. The minimum Gasteiger partial charge on any atom is -0.468 e. The summed E-state index contributed by atoms with van der Waals surface area (Å²) < 4.78 is 5.67. The zero-order chi connectivity index (χ0) is 17.5. The van der Waals surface area contributed by atoms with Crippen molar-refractivity contribution in [1.82, 2.24) is 15.5 Å². The van der Waals surface area contributed by atoms with E-state index < -0.39 is 0 Å². The SMILES string of the molecule is CN=C(NCc1cccc(C)c1)NCC(c1ccco1)N1CCCC1. The van der Waals surface area contributed by atoms with Crippen LogP contribution in [0.2, 0.25) is 0 Å². The molecule has 1 atom stereocenters. The van der Waals surface area contributed by atoms with Crippen LogP contribution in [0.25, 0.3) is 0 Å². The van der Waals surface area contributed by atoms with E-state index in [1.165, 1.54) is 24.0 Å². The minimum absolute atomic E-state index is 0.245. The molecule has 0 bridgehead atoms. The van der Waals surface area contributed by atoms with Gasteiger partial charge in [-0.2, -0.15) is 0 Å². The Labute approximate surface area is 150 Å². The van der Waals surface area contributed by atoms with E-state index in [4.69, 9.17) is 4.42 Å². The van der Waals surface area contributed by atoms with E-state index in [0.29, 0.717) is 0 Å². The Morgan fingerprint density at radius 2 is 2.04 bits per heavy atom. The Morgan fingerprint density at radius 3 is 2.72 bits per heavy atom. The highest BCUT2D eigenvalue weighted by molar-refractivity contribution is 5.79. The molecule has 1 aromatic heterocycles. The summed E-state index contributed by atoms with van der Waals surface area (Å²) in [5.74, 6) is 1.83. The molecule has 5 nitrogen and oxygen atoms in total. The van der Waals surface area contributed by atoms with Gasteiger partial charge in [-0.15, -0.1) is 0 Å². The van der Waals surface area contributed by atoms with Gasteiger partial charge in [0.25, 0.3) is 0 Å². The highest BCUT2D eigenvalue weighted by Gasteiger charge is 2.25. The highest BCUT2D eigenvalue weighted by Crippen LogP contribution is 2.24. The fourth-order valence-electron chi connectivity index (χ4n) is 3.37. The number of likely N-dealkylation sites (tertiary alicyclic amines) is 1. The van der Waals surface area contributed by atoms with Gasteiger partial charge in [-0.05, 0) is 50.6 Å². The third-order valence-corrected chi connectivity index (χ3v) is 4.68. The second kappa shape index (κ2) is 8.72. The molecule has 2 N–H and O–H groups in total. The number of aliphatic imine (C=N–C) groups is 1. The number of hydrogen-bond acceptors (Lipinski definition) is 3. The third kappa shape index (κ3) is 4.86. The molecule has 2 heterocycles. The van der Waals surface area contributed by atoms with Crippen molar-refractivity contribution in [3.8, 4) is 0 Å². The molecule has 25 heavy (non-hydrogen) atoms. The fourth-order valence-corrected chi connectivity index (χ4v) is 3.37. The molecule has 1 aliphatic heterocycles. The van der Waals surface area contributed by atoms with E-state index in [9.17, 15) is 0 Å². The van der Waals surface area contributed by atoms with Crippen LogP contribution in [0.1, 0.15) is 35.8 Å². The van der Waals surface area contributed by atoms with Gasteiger partial charge in [0.05, 0.1) is 12.3 Å². The lowest BCUT2D eigenvalue weighted by Gasteiger charge is -2.26. The average molecular weight is 340 g/mol. The van der Waals surface area contributed by atoms with Crippen molar-refractivity contribution in [3.05, 3.63) is 59.5 Å². The number of hydrogen-bond donors (Lipinski definition) is 2. The normalized spacial score (nSPS) is 16.8. The van der Waals surface area contributed by atoms with E-state index in [1.807, 2.05) is 13.1 Å². The standard InChI is InChI=1S/C20H28N4O/c1-16-7-5-8-17(13-16)14-22-20(21-2)23-15-18(19-9-6-12-25-19)24-10-3-4-11-24/h5-9,12-13,18H,3-4,10-11,14-15H2,1-2H3,(H2,21,22,23). The average Bonchev–Trinajstić information content (AvgIpc) is 3.32. The van der Waals surface area contributed by atoms with Crippen molar-refractivity contribution in [2.75, 3.05) is 26.7 Å². The molecule has 1 fully saturated rings. The summed E-state index contributed by atoms with van der Waals surface area (Å²) in [6.45, 7) is 5.91. The number of nitrogens with one attached hydrogen (secondary N) is 2. The first kappa shape index (κ1) is 17.5. The Balaban J connectivity index is 1.57. The van der Waals surface area contributed by atoms with E-state index in [0.717, 1.165) is 37.9 Å². The molecule has 0 radical (unpaired) electrons. The molecule has 2 aromatic rings. The molecule has 0 spiro atoms. The lowest BCUT2D eigenvalue weighted by Crippen LogP contribution is -2.42. The van der Waals surface area contributed by atoms with Crippen LogP contribution in [0.4, 0.5) is 0 Å². The van der Waals surface area contributed by atoms with Gasteiger partial charge >= 0.3 is 0 Å². The smallest absolute Gasteiger partial charge is 0.191 e. The summed E-state index contributed by atoms with van der Waals surface area (Å²) in [7, 11) is 1.81. The maximum absolute atomic E-state index is 5.67. The summed E-state index contributed by atoms with van der Waals surface area (Å²) in [4.78, 5) is 6.84. The second-order valence-electron chi connectivity index (χ2n) is 6.57. The van der Waals surface area contributed by atoms with Gasteiger partial charge in [0.1, 0.15) is 5.76 Å². The molecule has 1 aromatic carbocycles. The van der Waals surface area contributed by atoms with Gasteiger partial charge in [0, 0.05) is 20.1 Å². The molecule has 0 saturated carbocycles. The van der Waals surface area contributed by atoms with Gasteiger partial charge in [-0.1, -0.05) is 29.8 Å². The topological polar surface area (TPSA) is 52.8 Å². The molecule has 1 unspecified atom stereocenters. The second-order valence-corrected chi connectivity index (χ2v) is 6.57. The quantitative estimate of drug-likeness (QED) is 0.627. The summed E-state index contributed by atoms with van der Waals surface area (Å²) in [6.07, 6.45) is 4.28. The predicted octanol–water partition coefficient (Wildman–Crippen LogP) is 3.09. The third-order valence-electron chi connectivity index (χ3n) is 4.68. The summed E-state index contributed by atoms with van der Waals surface area (Å²) in [5.41, 5.74) is 2.53. The molecule has 0 aliphatic carbocycles. The van der Waals surface area contributed by atoms with E-state index in [1.54, 1.807) is 6.26 Å². The zero-order valence-electron chi connectivity index (χ0n) is 15.2. The van der Waals surface area contributed by atoms with E-state index in [-0.39, 0.29) is 6.04 Å². The van der Waals surface area contributed by atoms with Crippen LogP contribution in [0.3, 0.4) is 0 Å². The van der Waals surface area contributed by atoms with Crippen molar-refractivity contribution >= 4 is 5.96 Å². The predicted molar refractivity (Wildman–Crippen MR) is 102 cm³/mol. The van der Waals surface area contributed by atoms with Gasteiger partial charge in [0.2, 0.25) is 0 Å². The van der Waals surface area contributed by atoms with Crippen molar-refractivity contribution in [3.63, 3.8) is 0 Å². The number of benzene rings is 1. The van der Waals surface area contributed by atoms with Gasteiger partial charge in [0.15, 0.2) is 5.96 Å². The summed E-state index contributed by atoms with van der Waals surface area (Å²) >= 11 is 0. The maximum atomic E-state index is 5.67. The number of guanidine groups is 1. The van der Waals surface area contributed by atoms with Crippen LogP contribution in [0.15, 0.2) is 52.1 Å². The first-order valence-electron chi connectivity index (χ1n) is 9.04. The minimum atomic E-state index is 0.245. The Kier molecular flexibility index (Phi) is 6.12. The van der Waals surface area contributed by atoms with Crippen LogP contribution in [-0.2, 0) is 6.54 Å². The molecule has 1 aliphatic rings. The van der Waals surface area contributed by atoms with E-state index >= 15 is 0 Å². The van der Waals surface area contributed by atoms with Crippen LogP contribution in [0, 0.1) is 6.92 Å². The van der Waals surface area contributed by atoms with Crippen LogP contribution >= 0.6 is 0 Å². The zero-order valence-corrected chi connectivity index (χ0v) is 15.2. The first-order valence-corrected chi connectivity index (χ1v) is 9.04. The number of nitrogens with zero attached hydrogens (tertiary/aromatic N) is 2. The van der Waals surface area contributed by atoms with Crippen molar-refractivity contribution < 1.29 is 4.42 Å². The molecule has 0 amide bonds. The largest absolute Gasteiger partial charge is 0.468 e. The van der Waals surface area contributed by atoms with Crippen LogP contribution in [0.5, 0.6) is 0 Å². The first-order chi connectivity index (χ1) is 12.3.